The fraction of sp³-hybridized carbons (Fsp3) is 0.158. The lowest BCUT2D eigenvalue weighted by Gasteiger charge is -2.14. The predicted octanol–water partition coefficient (Wildman–Crippen LogP) is 3.70. The SMILES string of the molecule is C[C@@H](ONC(=O)c1cncc(-c2ccc(OC(F)F)nc2)n1)c1ccccc1F. The van der Waals surface area contributed by atoms with Crippen LogP contribution < -0.4 is 10.2 Å². The first kappa shape index (κ1) is 20.2. The number of rotatable bonds is 7. The number of aromatic nitrogens is 3. The average Bonchev–Trinajstić information content (AvgIpc) is 2.72. The van der Waals surface area contributed by atoms with Crippen LogP contribution in [0.4, 0.5) is 13.2 Å². The van der Waals surface area contributed by atoms with Gasteiger partial charge in [0.25, 0.3) is 5.91 Å². The fourth-order valence-corrected chi connectivity index (χ4v) is 2.37. The Balaban J connectivity index is 1.67. The molecule has 0 unspecified atom stereocenters. The molecular weight excluding hydrogens is 389 g/mol. The van der Waals surface area contributed by atoms with Gasteiger partial charge in [-0.1, -0.05) is 18.2 Å². The van der Waals surface area contributed by atoms with Gasteiger partial charge in [-0.25, -0.2) is 19.8 Å². The molecule has 2 aromatic heterocycles. The van der Waals surface area contributed by atoms with Gasteiger partial charge >= 0.3 is 6.61 Å². The molecule has 3 rings (SSSR count). The number of nitrogens with one attached hydrogen (secondary N) is 1. The van der Waals surface area contributed by atoms with Gasteiger partial charge < -0.3 is 4.74 Å². The monoisotopic (exact) mass is 404 g/mol. The van der Waals surface area contributed by atoms with Crippen LogP contribution in [-0.2, 0) is 4.84 Å². The minimum Gasteiger partial charge on any atom is -0.417 e. The molecule has 0 spiro atoms. The summed E-state index contributed by atoms with van der Waals surface area (Å²) in [6.45, 7) is -1.40. The van der Waals surface area contributed by atoms with Gasteiger partial charge in [-0.05, 0) is 19.1 Å². The summed E-state index contributed by atoms with van der Waals surface area (Å²) in [4.78, 5) is 29.3. The first-order valence-electron chi connectivity index (χ1n) is 8.37. The maximum atomic E-state index is 13.8. The molecule has 0 bridgehead atoms. The normalized spacial score (nSPS) is 11.9. The summed E-state index contributed by atoms with van der Waals surface area (Å²) in [5.74, 6) is -1.39. The lowest BCUT2D eigenvalue weighted by Crippen LogP contribution is -2.26. The highest BCUT2D eigenvalue weighted by Gasteiger charge is 2.15. The molecule has 7 nitrogen and oxygen atoms in total. The van der Waals surface area contributed by atoms with Crippen molar-refractivity contribution in [2.75, 3.05) is 0 Å². The Bertz CT molecular complexity index is 986. The summed E-state index contributed by atoms with van der Waals surface area (Å²) in [5.41, 5.74) is 3.16. The number of halogens is 3. The second kappa shape index (κ2) is 9.11. The Morgan fingerprint density at radius 2 is 1.90 bits per heavy atom. The largest absolute Gasteiger partial charge is 0.417 e. The van der Waals surface area contributed by atoms with Crippen molar-refractivity contribution in [2.24, 2.45) is 0 Å². The first-order chi connectivity index (χ1) is 13.9. The van der Waals surface area contributed by atoms with E-state index in [9.17, 15) is 18.0 Å². The van der Waals surface area contributed by atoms with Gasteiger partial charge in [-0.15, -0.1) is 0 Å². The summed E-state index contributed by atoms with van der Waals surface area (Å²) in [5, 5.41) is 0. The third kappa shape index (κ3) is 5.26. The van der Waals surface area contributed by atoms with Crippen LogP contribution in [0.5, 0.6) is 5.88 Å². The van der Waals surface area contributed by atoms with Gasteiger partial charge in [0.1, 0.15) is 17.6 Å². The van der Waals surface area contributed by atoms with Crippen molar-refractivity contribution >= 4 is 5.91 Å². The number of carbonyl (C=O) groups is 1. The van der Waals surface area contributed by atoms with E-state index in [1.165, 1.54) is 36.8 Å². The molecule has 0 aliphatic rings. The first-order valence-corrected chi connectivity index (χ1v) is 8.37. The molecule has 0 saturated carbocycles. The van der Waals surface area contributed by atoms with E-state index in [1.807, 2.05) is 0 Å². The number of hydrogen-bond donors (Lipinski definition) is 1. The van der Waals surface area contributed by atoms with Gasteiger partial charge in [0.15, 0.2) is 0 Å². The molecule has 29 heavy (non-hydrogen) atoms. The topological polar surface area (TPSA) is 86.2 Å². The fourth-order valence-electron chi connectivity index (χ4n) is 2.37. The lowest BCUT2D eigenvalue weighted by molar-refractivity contribution is -0.0528. The molecular formula is C19H15F3N4O3. The van der Waals surface area contributed by atoms with Crippen LogP contribution in [-0.4, -0.2) is 27.5 Å². The number of alkyl halides is 2. The van der Waals surface area contributed by atoms with Crippen molar-refractivity contribution in [2.45, 2.75) is 19.6 Å². The maximum Gasteiger partial charge on any atom is 0.388 e. The van der Waals surface area contributed by atoms with Crippen molar-refractivity contribution in [3.05, 3.63) is 72.1 Å². The summed E-state index contributed by atoms with van der Waals surface area (Å²) >= 11 is 0. The van der Waals surface area contributed by atoms with Gasteiger partial charge in [-0.2, -0.15) is 8.78 Å². The van der Waals surface area contributed by atoms with E-state index in [1.54, 1.807) is 25.1 Å². The summed E-state index contributed by atoms with van der Waals surface area (Å²) < 4.78 is 42.3. The quantitative estimate of drug-likeness (QED) is 0.605. The van der Waals surface area contributed by atoms with Crippen LogP contribution in [0.2, 0.25) is 0 Å². The third-order valence-corrected chi connectivity index (χ3v) is 3.78. The van der Waals surface area contributed by atoms with Crippen molar-refractivity contribution in [3.63, 3.8) is 0 Å². The highest BCUT2D eigenvalue weighted by molar-refractivity contribution is 5.91. The maximum absolute atomic E-state index is 13.8. The van der Waals surface area contributed by atoms with Crippen molar-refractivity contribution in [3.8, 4) is 17.1 Å². The molecule has 0 aliphatic carbocycles. The number of carbonyl (C=O) groups excluding carboxylic acids is 1. The second-order valence-electron chi connectivity index (χ2n) is 5.77. The zero-order valence-corrected chi connectivity index (χ0v) is 15.1. The van der Waals surface area contributed by atoms with Crippen LogP contribution in [0.3, 0.4) is 0 Å². The molecule has 0 radical (unpaired) electrons. The number of hydrogen-bond acceptors (Lipinski definition) is 6. The number of nitrogens with zero attached hydrogens (tertiary/aromatic N) is 3. The Hall–Kier alpha value is -3.53. The number of hydroxylamine groups is 1. The number of pyridine rings is 1. The van der Waals surface area contributed by atoms with Crippen LogP contribution >= 0.6 is 0 Å². The molecule has 1 N–H and O–H groups in total. The molecule has 3 aromatic rings. The zero-order valence-electron chi connectivity index (χ0n) is 15.1. The number of amides is 1. The van der Waals surface area contributed by atoms with Gasteiger partial charge in [-0.3, -0.25) is 14.6 Å². The Labute approximate surface area is 163 Å². The van der Waals surface area contributed by atoms with Crippen LogP contribution in [0.25, 0.3) is 11.3 Å². The third-order valence-electron chi connectivity index (χ3n) is 3.78. The number of benzene rings is 1. The Kier molecular flexibility index (Phi) is 6.35. The molecule has 0 fully saturated rings. The van der Waals surface area contributed by atoms with Gasteiger partial charge in [0, 0.05) is 23.4 Å². The smallest absolute Gasteiger partial charge is 0.388 e. The van der Waals surface area contributed by atoms with E-state index in [2.05, 4.69) is 25.2 Å². The Morgan fingerprint density at radius 1 is 1.10 bits per heavy atom. The van der Waals surface area contributed by atoms with E-state index >= 15 is 0 Å². The van der Waals surface area contributed by atoms with E-state index in [-0.39, 0.29) is 22.8 Å². The molecule has 150 valence electrons. The van der Waals surface area contributed by atoms with Crippen LogP contribution in [0.15, 0.2) is 55.0 Å². The average molecular weight is 404 g/mol. The molecule has 1 amide bonds. The highest BCUT2D eigenvalue weighted by atomic mass is 19.3. The van der Waals surface area contributed by atoms with Gasteiger partial charge in [0.2, 0.25) is 5.88 Å². The standard InChI is InChI=1S/C19H15F3N4O3/c1-11(13-4-2-3-5-14(13)20)29-26-18(27)16-10-23-9-15(25-16)12-6-7-17(24-8-12)28-19(21)22/h2-11,19H,1H3,(H,26,27)/t11-/m1/s1. The van der Waals surface area contributed by atoms with Gasteiger partial charge in [0.05, 0.1) is 18.1 Å². The highest BCUT2D eigenvalue weighted by Crippen LogP contribution is 2.20. The molecule has 0 aliphatic heterocycles. The van der Waals surface area contributed by atoms with E-state index in [0.29, 0.717) is 5.56 Å². The molecule has 0 saturated heterocycles. The van der Waals surface area contributed by atoms with E-state index < -0.39 is 24.4 Å². The van der Waals surface area contributed by atoms with Crippen LogP contribution in [0.1, 0.15) is 29.1 Å². The molecule has 1 atom stereocenters. The van der Waals surface area contributed by atoms with E-state index in [0.717, 1.165) is 0 Å². The molecule has 2 heterocycles. The summed E-state index contributed by atoms with van der Waals surface area (Å²) in [6, 6.07) is 8.73. The minimum absolute atomic E-state index is 0.0591. The molecule has 1 aromatic carbocycles. The van der Waals surface area contributed by atoms with Crippen LogP contribution in [0, 0.1) is 5.82 Å². The predicted molar refractivity (Wildman–Crippen MR) is 95.3 cm³/mol. The Morgan fingerprint density at radius 3 is 2.59 bits per heavy atom. The summed E-state index contributed by atoms with van der Waals surface area (Å²) in [6.07, 6.45) is 3.13. The zero-order chi connectivity index (χ0) is 20.8. The minimum atomic E-state index is -2.98. The summed E-state index contributed by atoms with van der Waals surface area (Å²) in [7, 11) is 0. The van der Waals surface area contributed by atoms with Crippen molar-refractivity contribution < 1.29 is 27.5 Å². The van der Waals surface area contributed by atoms with Crippen molar-refractivity contribution in [1.82, 2.24) is 20.4 Å². The second-order valence-corrected chi connectivity index (χ2v) is 5.77. The van der Waals surface area contributed by atoms with E-state index in [4.69, 9.17) is 4.84 Å². The molecule has 10 heteroatoms. The lowest BCUT2D eigenvalue weighted by atomic mass is 10.1. The number of ether oxygens (including phenoxy) is 1. The van der Waals surface area contributed by atoms with Crippen molar-refractivity contribution in [1.29, 1.82) is 0 Å².